The van der Waals surface area contributed by atoms with E-state index in [1.165, 1.54) is 0 Å². The highest BCUT2D eigenvalue weighted by Gasteiger charge is 2.09. The number of anilines is 2. The van der Waals surface area contributed by atoms with Crippen LogP contribution in [0.2, 0.25) is 0 Å². The molecule has 0 amide bonds. The van der Waals surface area contributed by atoms with Crippen molar-refractivity contribution in [1.29, 1.82) is 0 Å². The van der Waals surface area contributed by atoms with E-state index in [0.29, 0.717) is 12.4 Å². The first kappa shape index (κ1) is 16.3. The van der Waals surface area contributed by atoms with Gasteiger partial charge < -0.3 is 5.32 Å². The number of pyridine rings is 1. The molecule has 8 nitrogen and oxygen atoms in total. The van der Waals surface area contributed by atoms with E-state index >= 15 is 0 Å². The first-order valence-electron chi connectivity index (χ1n) is 7.88. The van der Waals surface area contributed by atoms with Crippen molar-refractivity contribution in [2.24, 2.45) is 0 Å². The van der Waals surface area contributed by atoms with Gasteiger partial charge in [0.25, 0.3) is 0 Å². The number of hydrogen-bond acceptors (Lipinski definition) is 6. The molecule has 4 aromatic rings. The molecule has 0 saturated heterocycles. The van der Waals surface area contributed by atoms with Gasteiger partial charge in [0.1, 0.15) is 17.7 Å². The molecule has 0 saturated carbocycles. The van der Waals surface area contributed by atoms with Gasteiger partial charge in [0, 0.05) is 23.0 Å². The minimum Gasteiger partial charge on any atom is -0.366 e. The van der Waals surface area contributed by atoms with Gasteiger partial charge in [0.2, 0.25) is 10.0 Å². The molecule has 0 aliphatic carbocycles. The second-order valence-electron chi connectivity index (χ2n) is 5.88. The largest absolute Gasteiger partial charge is 0.366 e. The third kappa shape index (κ3) is 3.29. The van der Waals surface area contributed by atoms with Crippen LogP contribution in [-0.2, 0) is 16.7 Å². The third-order valence-electron chi connectivity index (χ3n) is 3.87. The average molecular weight is 368 g/mol. The van der Waals surface area contributed by atoms with Crippen LogP contribution in [0.1, 0.15) is 0 Å². The molecule has 132 valence electrons. The molecule has 2 heterocycles. The lowest BCUT2D eigenvalue weighted by Crippen LogP contribution is -2.11. The maximum Gasteiger partial charge on any atom is 0.229 e. The molecule has 4 rings (SSSR count). The van der Waals surface area contributed by atoms with Crippen LogP contribution in [-0.4, -0.2) is 34.7 Å². The first-order chi connectivity index (χ1) is 12.5. The maximum absolute atomic E-state index is 11.2. The first-order valence-corrected chi connectivity index (χ1v) is 9.77. The third-order valence-corrected chi connectivity index (χ3v) is 4.48. The molecule has 0 bridgehead atoms. The van der Waals surface area contributed by atoms with Crippen molar-refractivity contribution >= 4 is 43.3 Å². The Bertz CT molecular complexity index is 1190. The van der Waals surface area contributed by atoms with Gasteiger partial charge in [0.05, 0.1) is 11.8 Å². The number of sulfonamides is 1. The molecular weight excluding hydrogens is 352 g/mol. The van der Waals surface area contributed by atoms with Crippen molar-refractivity contribution < 1.29 is 8.42 Å². The van der Waals surface area contributed by atoms with Gasteiger partial charge in [-0.25, -0.2) is 13.1 Å². The summed E-state index contributed by atoms with van der Waals surface area (Å²) in [5.74, 6) is 0. The van der Waals surface area contributed by atoms with E-state index in [0.717, 1.165) is 33.9 Å². The van der Waals surface area contributed by atoms with Crippen molar-refractivity contribution in [2.75, 3.05) is 16.3 Å². The minimum absolute atomic E-state index is 0.420. The molecule has 0 unspecified atom stereocenters. The van der Waals surface area contributed by atoms with E-state index in [-0.39, 0.29) is 0 Å². The highest BCUT2D eigenvalue weighted by molar-refractivity contribution is 7.92. The Morgan fingerprint density at radius 3 is 2.50 bits per heavy atom. The summed E-state index contributed by atoms with van der Waals surface area (Å²) in [6.07, 6.45) is 2.88. The molecule has 0 radical (unpaired) electrons. The fourth-order valence-electron chi connectivity index (χ4n) is 2.77. The number of nitrogens with one attached hydrogen (secondary N) is 2. The summed E-state index contributed by atoms with van der Waals surface area (Å²) < 4.78 is 26.7. The normalized spacial score (nSPS) is 11.7. The summed E-state index contributed by atoms with van der Waals surface area (Å²) in [7, 11) is -3.28. The van der Waals surface area contributed by atoms with Crippen molar-refractivity contribution in [2.45, 2.75) is 6.67 Å². The molecule has 0 atom stereocenters. The number of fused-ring (bicyclic) bond motifs is 3. The van der Waals surface area contributed by atoms with Crippen LogP contribution in [0.25, 0.3) is 21.9 Å². The molecule has 0 aliphatic rings. The summed E-state index contributed by atoms with van der Waals surface area (Å²) in [6.45, 7) is 0.420. The highest BCUT2D eigenvalue weighted by Crippen LogP contribution is 2.22. The van der Waals surface area contributed by atoms with Gasteiger partial charge in [-0.2, -0.15) is 0 Å². The Labute approximate surface area is 149 Å². The van der Waals surface area contributed by atoms with Crippen LogP contribution in [0.3, 0.4) is 0 Å². The monoisotopic (exact) mass is 368 g/mol. The summed E-state index contributed by atoms with van der Waals surface area (Å²) >= 11 is 0. The van der Waals surface area contributed by atoms with Crippen LogP contribution in [0.5, 0.6) is 0 Å². The number of hydrogen-bond donors (Lipinski definition) is 2. The summed E-state index contributed by atoms with van der Waals surface area (Å²) in [5, 5.41) is 12.7. The molecule has 0 aliphatic heterocycles. The molecule has 2 aromatic heterocycles. The van der Waals surface area contributed by atoms with E-state index < -0.39 is 10.0 Å². The van der Waals surface area contributed by atoms with Crippen molar-refractivity contribution in [3.8, 4) is 0 Å². The topological polar surface area (TPSA) is 102 Å². The zero-order valence-corrected chi connectivity index (χ0v) is 14.7. The summed E-state index contributed by atoms with van der Waals surface area (Å²) in [5.41, 5.74) is 3.96. The molecule has 2 aromatic carbocycles. The van der Waals surface area contributed by atoms with E-state index in [9.17, 15) is 8.42 Å². The van der Waals surface area contributed by atoms with Gasteiger partial charge in [0.15, 0.2) is 0 Å². The molecule has 9 heteroatoms. The maximum atomic E-state index is 11.2. The van der Waals surface area contributed by atoms with Crippen molar-refractivity contribution in [3.63, 3.8) is 0 Å². The lowest BCUT2D eigenvalue weighted by atomic mass is 10.2. The molecule has 0 fully saturated rings. The van der Waals surface area contributed by atoms with Crippen LogP contribution in [0, 0.1) is 0 Å². The predicted octanol–water partition coefficient (Wildman–Crippen LogP) is 2.42. The van der Waals surface area contributed by atoms with Gasteiger partial charge in [-0.05, 0) is 48.5 Å². The second-order valence-corrected chi connectivity index (χ2v) is 7.63. The fourth-order valence-corrected chi connectivity index (χ4v) is 3.34. The number of aromatic nitrogens is 4. The standard InChI is InChI=1S/C17H16N6O2S/c1-26(24,25)21-13-6-4-12(5-7-13)19-11-23-17-14-3-2-10-18-15(14)8-9-16(17)20-22-23/h2-10,19,21H,11H2,1H3. The van der Waals surface area contributed by atoms with Crippen LogP contribution >= 0.6 is 0 Å². The predicted molar refractivity (Wildman–Crippen MR) is 101 cm³/mol. The van der Waals surface area contributed by atoms with Gasteiger partial charge in [-0.15, -0.1) is 5.10 Å². The molecular formula is C17H16N6O2S. The Morgan fingerprint density at radius 1 is 1.00 bits per heavy atom. The molecule has 26 heavy (non-hydrogen) atoms. The highest BCUT2D eigenvalue weighted by atomic mass is 32.2. The summed E-state index contributed by atoms with van der Waals surface area (Å²) in [6, 6.07) is 14.7. The smallest absolute Gasteiger partial charge is 0.229 e. The van der Waals surface area contributed by atoms with Crippen LogP contribution in [0.15, 0.2) is 54.7 Å². The molecule has 2 N–H and O–H groups in total. The van der Waals surface area contributed by atoms with Gasteiger partial charge in [-0.3, -0.25) is 9.71 Å². The van der Waals surface area contributed by atoms with E-state index in [2.05, 4.69) is 25.3 Å². The van der Waals surface area contributed by atoms with E-state index in [1.54, 1.807) is 35.1 Å². The van der Waals surface area contributed by atoms with Gasteiger partial charge in [-0.1, -0.05) is 5.21 Å². The van der Waals surface area contributed by atoms with Crippen molar-refractivity contribution in [1.82, 2.24) is 20.0 Å². The fraction of sp³-hybridized carbons (Fsp3) is 0.118. The quantitative estimate of drug-likeness (QED) is 0.561. The Kier molecular flexibility index (Phi) is 3.92. The zero-order valence-electron chi connectivity index (χ0n) is 13.9. The Balaban J connectivity index is 1.57. The number of rotatable bonds is 5. The van der Waals surface area contributed by atoms with Crippen LogP contribution < -0.4 is 10.0 Å². The zero-order chi connectivity index (χ0) is 18.1. The Morgan fingerprint density at radius 2 is 1.73 bits per heavy atom. The second kappa shape index (κ2) is 6.26. The number of nitrogens with zero attached hydrogens (tertiary/aromatic N) is 4. The van der Waals surface area contributed by atoms with Crippen molar-refractivity contribution in [3.05, 3.63) is 54.7 Å². The van der Waals surface area contributed by atoms with Gasteiger partial charge >= 0.3 is 0 Å². The lowest BCUT2D eigenvalue weighted by molar-refractivity contribution is 0.607. The molecule has 0 spiro atoms. The average Bonchev–Trinajstić information content (AvgIpc) is 3.03. The Hall–Kier alpha value is -3.20. The lowest BCUT2D eigenvalue weighted by Gasteiger charge is -2.09. The number of benzene rings is 2. The SMILES string of the molecule is CS(=O)(=O)Nc1ccc(NCn2nnc3ccc4ncccc4c32)cc1. The van der Waals surface area contributed by atoms with Crippen LogP contribution in [0.4, 0.5) is 11.4 Å². The van der Waals surface area contributed by atoms with E-state index in [1.807, 2.05) is 24.3 Å². The minimum atomic E-state index is -3.28. The summed E-state index contributed by atoms with van der Waals surface area (Å²) in [4.78, 5) is 4.36. The van der Waals surface area contributed by atoms with E-state index in [4.69, 9.17) is 0 Å².